The van der Waals surface area contributed by atoms with E-state index in [2.05, 4.69) is 10.4 Å². The molecule has 1 fully saturated rings. The summed E-state index contributed by atoms with van der Waals surface area (Å²) in [4.78, 5) is 11.7. The quantitative estimate of drug-likeness (QED) is 0.827. The van der Waals surface area contributed by atoms with Crippen LogP contribution in [0.4, 0.5) is 5.69 Å². The highest BCUT2D eigenvalue weighted by Gasteiger charge is 2.40. The molecule has 1 saturated carbocycles. The van der Waals surface area contributed by atoms with Crippen LogP contribution >= 0.6 is 11.6 Å². The van der Waals surface area contributed by atoms with E-state index < -0.39 is 0 Å². The van der Waals surface area contributed by atoms with Gasteiger partial charge in [-0.15, -0.1) is 0 Å². The van der Waals surface area contributed by atoms with Gasteiger partial charge in [0, 0.05) is 13.1 Å². The van der Waals surface area contributed by atoms with Crippen LogP contribution in [0, 0.1) is 5.41 Å². The molecular weight excluding hydrogens is 240 g/mol. The van der Waals surface area contributed by atoms with Gasteiger partial charge < -0.3 is 11.1 Å². The molecule has 0 radical (unpaired) electrons. The van der Waals surface area contributed by atoms with Gasteiger partial charge in [0.15, 0.2) is 0 Å². The first-order valence-electron chi connectivity index (χ1n) is 5.81. The summed E-state index contributed by atoms with van der Waals surface area (Å²) in [5.41, 5.74) is 6.23. The third-order valence-corrected chi connectivity index (χ3v) is 3.69. The first-order valence-corrected chi connectivity index (χ1v) is 6.19. The van der Waals surface area contributed by atoms with Crippen molar-refractivity contribution in [1.29, 1.82) is 0 Å². The maximum absolute atomic E-state index is 11.7. The van der Waals surface area contributed by atoms with E-state index >= 15 is 0 Å². The summed E-state index contributed by atoms with van der Waals surface area (Å²) >= 11 is 6.00. The number of nitrogens with one attached hydrogen (secondary N) is 1. The Hall–Kier alpha value is -1.07. The van der Waals surface area contributed by atoms with Gasteiger partial charge in [-0.3, -0.25) is 4.79 Å². The summed E-state index contributed by atoms with van der Waals surface area (Å²) in [7, 11) is 0. The molecule has 1 aromatic heterocycles. The van der Waals surface area contributed by atoms with Gasteiger partial charge in [0.2, 0.25) is 0 Å². The second kappa shape index (κ2) is 4.66. The normalized spacial score (nSPS) is 16.9. The van der Waals surface area contributed by atoms with Crippen molar-refractivity contribution in [3.63, 3.8) is 0 Å². The maximum atomic E-state index is 11.7. The van der Waals surface area contributed by atoms with Crippen LogP contribution in [0.3, 0.4) is 0 Å². The van der Waals surface area contributed by atoms with Crippen LogP contribution in [0.15, 0.2) is 11.0 Å². The second-order valence-electron chi connectivity index (χ2n) is 4.55. The fraction of sp³-hybridized carbons (Fsp3) is 0.636. The van der Waals surface area contributed by atoms with E-state index in [4.69, 9.17) is 17.3 Å². The van der Waals surface area contributed by atoms with Crippen molar-refractivity contribution in [2.45, 2.75) is 26.3 Å². The van der Waals surface area contributed by atoms with Crippen LogP contribution in [0.25, 0.3) is 0 Å². The van der Waals surface area contributed by atoms with Gasteiger partial charge >= 0.3 is 0 Å². The van der Waals surface area contributed by atoms with E-state index in [1.165, 1.54) is 4.68 Å². The molecule has 2 rings (SSSR count). The molecule has 94 valence electrons. The zero-order chi connectivity index (χ0) is 12.5. The molecule has 3 N–H and O–H groups in total. The zero-order valence-corrected chi connectivity index (χ0v) is 10.6. The van der Waals surface area contributed by atoms with Gasteiger partial charge in [-0.1, -0.05) is 11.6 Å². The Morgan fingerprint density at radius 1 is 1.65 bits per heavy atom. The van der Waals surface area contributed by atoms with Crippen molar-refractivity contribution in [1.82, 2.24) is 9.78 Å². The molecule has 6 heteroatoms. The van der Waals surface area contributed by atoms with Crippen LogP contribution in [0.2, 0.25) is 5.02 Å². The van der Waals surface area contributed by atoms with Crippen LogP contribution in [0.5, 0.6) is 0 Å². The molecule has 0 spiro atoms. The SMILES string of the molecule is CCn1ncc(NCC2(CN)CC2)c(Cl)c1=O. The van der Waals surface area contributed by atoms with E-state index in [1.807, 2.05) is 6.92 Å². The summed E-state index contributed by atoms with van der Waals surface area (Å²) in [6.45, 7) is 3.79. The molecular formula is C11H17ClN4O. The van der Waals surface area contributed by atoms with E-state index in [0.717, 1.165) is 19.4 Å². The Morgan fingerprint density at radius 2 is 2.35 bits per heavy atom. The third-order valence-electron chi connectivity index (χ3n) is 3.33. The standard InChI is InChI=1S/C11H17ClN4O/c1-2-16-10(17)9(12)8(5-15-16)14-7-11(6-13)3-4-11/h5,14H,2-4,6-7,13H2,1H3. The number of aryl methyl sites for hydroxylation is 1. The lowest BCUT2D eigenvalue weighted by Gasteiger charge is -2.15. The number of aromatic nitrogens is 2. The van der Waals surface area contributed by atoms with Gasteiger partial charge in [0.25, 0.3) is 5.56 Å². The second-order valence-corrected chi connectivity index (χ2v) is 4.93. The van der Waals surface area contributed by atoms with E-state index in [1.54, 1.807) is 6.20 Å². The molecule has 1 aliphatic carbocycles. The number of halogens is 1. The molecule has 5 nitrogen and oxygen atoms in total. The predicted molar refractivity (Wildman–Crippen MR) is 68.4 cm³/mol. The summed E-state index contributed by atoms with van der Waals surface area (Å²) in [6, 6.07) is 0. The summed E-state index contributed by atoms with van der Waals surface area (Å²) < 4.78 is 1.34. The van der Waals surface area contributed by atoms with Crippen molar-refractivity contribution in [3.8, 4) is 0 Å². The van der Waals surface area contributed by atoms with Crippen molar-refractivity contribution in [3.05, 3.63) is 21.6 Å². The Kier molecular flexibility index (Phi) is 3.40. The Labute approximate surface area is 105 Å². The van der Waals surface area contributed by atoms with Gasteiger partial charge in [0.1, 0.15) is 5.02 Å². The summed E-state index contributed by atoms with van der Waals surface area (Å²) in [5, 5.41) is 7.40. The highest BCUT2D eigenvalue weighted by Crippen LogP contribution is 2.44. The minimum absolute atomic E-state index is 0.197. The molecule has 0 atom stereocenters. The molecule has 1 heterocycles. The lowest BCUT2D eigenvalue weighted by atomic mass is 10.1. The predicted octanol–water partition coefficient (Wildman–Crippen LogP) is 1.07. The lowest BCUT2D eigenvalue weighted by molar-refractivity contribution is 0.554. The Balaban J connectivity index is 2.12. The minimum atomic E-state index is -0.253. The number of hydrogen-bond donors (Lipinski definition) is 2. The topological polar surface area (TPSA) is 72.9 Å². The lowest BCUT2D eigenvalue weighted by Crippen LogP contribution is -2.27. The van der Waals surface area contributed by atoms with Crippen molar-refractivity contribution in [2.24, 2.45) is 11.1 Å². The van der Waals surface area contributed by atoms with Crippen molar-refractivity contribution >= 4 is 17.3 Å². The first-order chi connectivity index (χ1) is 8.12. The van der Waals surface area contributed by atoms with Gasteiger partial charge in [-0.2, -0.15) is 5.10 Å². The van der Waals surface area contributed by atoms with Gasteiger partial charge in [0.05, 0.1) is 11.9 Å². The molecule has 17 heavy (non-hydrogen) atoms. The van der Waals surface area contributed by atoms with Crippen LogP contribution in [-0.4, -0.2) is 22.9 Å². The minimum Gasteiger partial charge on any atom is -0.382 e. The van der Waals surface area contributed by atoms with E-state index in [9.17, 15) is 4.79 Å². The molecule has 1 aliphatic rings. The highest BCUT2D eigenvalue weighted by molar-refractivity contribution is 6.32. The average Bonchev–Trinajstić information content (AvgIpc) is 3.12. The third kappa shape index (κ3) is 2.45. The number of nitrogens with two attached hydrogens (primary N) is 1. The van der Waals surface area contributed by atoms with Crippen molar-refractivity contribution < 1.29 is 0 Å². The Morgan fingerprint density at radius 3 is 2.88 bits per heavy atom. The highest BCUT2D eigenvalue weighted by atomic mass is 35.5. The van der Waals surface area contributed by atoms with Crippen LogP contribution < -0.4 is 16.6 Å². The van der Waals surface area contributed by atoms with E-state index in [-0.39, 0.29) is 16.0 Å². The molecule has 0 aliphatic heterocycles. The smallest absolute Gasteiger partial charge is 0.287 e. The van der Waals surface area contributed by atoms with Crippen molar-refractivity contribution in [2.75, 3.05) is 18.4 Å². The molecule has 0 unspecified atom stereocenters. The number of anilines is 1. The monoisotopic (exact) mass is 256 g/mol. The molecule has 1 aromatic rings. The van der Waals surface area contributed by atoms with Gasteiger partial charge in [-0.25, -0.2) is 4.68 Å². The van der Waals surface area contributed by atoms with Crippen LogP contribution in [-0.2, 0) is 6.54 Å². The number of nitrogens with zero attached hydrogens (tertiary/aromatic N) is 2. The fourth-order valence-electron chi connectivity index (χ4n) is 1.73. The van der Waals surface area contributed by atoms with E-state index in [0.29, 0.717) is 18.8 Å². The summed E-state index contributed by atoms with van der Waals surface area (Å²) in [6.07, 6.45) is 3.86. The number of rotatable bonds is 5. The molecule has 0 amide bonds. The zero-order valence-electron chi connectivity index (χ0n) is 9.87. The largest absolute Gasteiger partial charge is 0.382 e. The average molecular weight is 257 g/mol. The van der Waals surface area contributed by atoms with Crippen LogP contribution in [0.1, 0.15) is 19.8 Å². The Bertz CT molecular complexity index is 467. The maximum Gasteiger partial charge on any atom is 0.287 e. The number of hydrogen-bond acceptors (Lipinski definition) is 4. The first kappa shape index (κ1) is 12.4. The molecule has 0 saturated heterocycles. The fourth-order valence-corrected chi connectivity index (χ4v) is 1.94. The van der Waals surface area contributed by atoms with Gasteiger partial charge in [-0.05, 0) is 31.7 Å². The summed E-state index contributed by atoms with van der Waals surface area (Å²) in [5.74, 6) is 0. The molecule has 0 bridgehead atoms. The molecule has 0 aromatic carbocycles.